The molecule has 1 saturated carbocycles. The average Bonchev–Trinajstić information content (AvgIpc) is 3.23. The van der Waals surface area contributed by atoms with E-state index in [0.717, 1.165) is 5.56 Å². The van der Waals surface area contributed by atoms with Crippen LogP contribution in [0.3, 0.4) is 0 Å². The Balaban J connectivity index is 0.000000356. The van der Waals surface area contributed by atoms with Crippen molar-refractivity contribution in [2.45, 2.75) is 85.0 Å². The van der Waals surface area contributed by atoms with Crippen LogP contribution in [0.1, 0.15) is 72.3 Å². The number of halogens is 1. The van der Waals surface area contributed by atoms with Gasteiger partial charge in [-0.1, -0.05) is 43.7 Å². The molecule has 9 nitrogen and oxygen atoms in total. The summed E-state index contributed by atoms with van der Waals surface area (Å²) in [6, 6.07) is 0. The predicted octanol–water partition coefficient (Wildman–Crippen LogP) is 3.72. The highest BCUT2D eigenvalue weighted by molar-refractivity contribution is 6.29. The molecule has 10 heteroatoms. The third-order valence-corrected chi connectivity index (χ3v) is 5.42. The number of aliphatic hydroxyl groups excluding tert-OH is 1. The number of piperidine rings is 1. The second-order valence-electron chi connectivity index (χ2n) is 9.47. The molecule has 1 aliphatic carbocycles. The summed E-state index contributed by atoms with van der Waals surface area (Å²) < 4.78 is 6.96. The molecule has 7 N–H and O–H groups in total. The van der Waals surface area contributed by atoms with E-state index in [1.54, 1.807) is 15.8 Å². The normalized spacial score (nSPS) is 16.2. The van der Waals surface area contributed by atoms with Gasteiger partial charge in [-0.3, -0.25) is 4.68 Å². The van der Waals surface area contributed by atoms with Crippen molar-refractivity contribution in [3.8, 4) is 11.8 Å². The lowest BCUT2D eigenvalue weighted by Crippen LogP contribution is -2.42. The molecule has 1 amide bonds. The first-order chi connectivity index (χ1) is 16.9. The first-order valence-electron chi connectivity index (χ1n) is 12.5. The van der Waals surface area contributed by atoms with E-state index in [1.165, 1.54) is 25.3 Å². The summed E-state index contributed by atoms with van der Waals surface area (Å²) in [5.74, 6) is 7.08. The number of aliphatic hydroxyl groups is 1. The Morgan fingerprint density at radius 2 is 1.83 bits per heavy atom. The average molecular weight is 523 g/mol. The predicted molar refractivity (Wildman–Crippen MR) is 145 cm³/mol. The number of hydrogen-bond donors (Lipinski definition) is 4. The number of allylic oxidation sites excluding steroid dienone is 2. The van der Waals surface area contributed by atoms with Crippen LogP contribution in [0.25, 0.3) is 5.57 Å². The lowest BCUT2D eigenvalue weighted by atomic mass is 9.86. The molecule has 2 heterocycles. The number of carbonyl (C=O) groups excluding carboxylic acids is 1. The summed E-state index contributed by atoms with van der Waals surface area (Å²) in [6.45, 7) is 11.3. The summed E-state index contributed by atoms with van der Waals surface area (Å²) in [7, 11) is 0. The van der Waals surface area contributed by atoms with Crippen LogP contribution in [-0.2, 0) is 11.3 Å². The maximum atomic E-state index is 11.5. The second kappa shape index (κ2) is 15.3. The molecule has 2 aliphatic rings. The van der Waals surface area contributed by atoms with Gasteiger partial charge in [0.1, 0.15) is 18.0 Å². The molecule has 2 fully saturated rings. The fourth-order valence-electron chi connectivity index (χ4n) is 3.26. The number of likely N-dealkylation sites (tertiary alicyclic amines) is 1. The van der Waals surface area contributed by atoms with Crippen molar-refractivity contribution in [3.05, 3.63) is 35.0 Å². The molecule has 0 aromatic carbocycles. The quantitative estimate of drug-likeness (QED) is 0.269. The molecule has 1 saturated heterocycles. The van der Waals surface area contributed by atoms with Gasteiger partial charge in [0.05, 0.1) is 17.5 Å². The summed E-state index contributed by atoms with van der Waals surface area (Å²) in [5, 5.41) is 13.6. The lowest BCUT2D eigenvalue weighted by molar-refractivity contribution is 0.0101. The Kier molecular flexibility index (Phi) is 13.3. The Bertz CT molecular complexity index is 935. The molecule has 36 heavy (non-hydrogen) atoms. The van der Waals surface area contributed by atoms with Crippen molar-refractivity contribution >= 4 is 23.3 Å². The van der Waals surface area contributed by atoms with Crippen LogP contribution in [-0.4, -0.2) is 50.7 Å². The maximum absolute atomic E-state index is 11.5. The number of hydrogen-bond acceptors (Lipinski definition) is 7. The zero-order valence-corrected chi connectivity index (χ0v) is 23.0. The number of amides is 1. The first-order valence-corrected chi connectivity index (χ1v) is 12.9. The van der Waals surface area contributed by atoms with Gasteiger partial charge in [-0.25, -0.2) is 4.79 Å². The molecule has 3 rings (SSSR count). The summed E-state index contributed by atoms with van der Waals surface area (Å²) in [5.41, 5.74) is 17.6. The molecule has 0 spiro atoms. The Hall–Kier alpha value is -2.83. The van der Waals surface area contributed by atoms with Crippen molar-refractivity contribution in [1.29, 1.82) is 0 Å². The van der Waals surface area contributed by atoms with E-state index in [4.69, 9.17) is 33.5 Å². The molecule has 202 valence electrons. The largest absolute Gasteiger partial charge is 0.444 e. The maximum Gasteiger partial charge on any atom is 0.410 e. The van der Waals surface area contributed by atoms with Crippen LogP contribution in [0.4, 0.5) is 4.79 Å². The third-order valence-electron chi connectivity index (χ3n) is 5.31. The van der Waals surface area contributed by atoms with Crippen LogP contribution >= 0.6 is 11.6 Å². The number of nitrogens with two attached hydrogens (primary N) is 3. The van der Waals surface area contributed by atoms with Gasteiger partial charge in [-0.2, -0.15) is 5.10 Å². The molecule has 0 atom stereocenters. The van der Waals surface area contributed by atoms with E-state index in [-0.39, 0.29) is 23.2 Å². The molecule has 1 aliphatic heterocycles. The fraction of sp³-hybridized carbons (Fsp3) is 0.615. The van der Waals surface area contributed by atoms with Crippen molar-refractivity contribution in [2.75, 3.05) is 13.1 Å². The molecular weight excluding hydrogens is 480 g/mol. The highest BCUT2D eigenvalue weighted by atomic mass is 35.5. The van der Waals surface area contributed by atoms with Crippen LogP contribution in [0, 0.1) is 17.8 Å². The SMILES string of the molecule is CC.CC(C)(C)OC(=O)N1CCC(O)CC1.NC(N)=C(/C=C(\N)Cl)c1cnn(CC#CC2CCC2)c1. The molecule has 0 unspecified atom stereocenters. The van der Waals surface area contributed by atoms with Gasteiger partial charge in [-0.15, -0.1) is 0 Å². The van der Waals surface area contributed by atoms with Crippen LogP contribution in [0.5, 0.6) is 0 Å². The Morgan fingerprint density at radius 3 is 2.31 bits per heavy atom. The smallest absolute Gasteiger partial charge is 0.410 e. The minimum Gasteiger partial charge on any atom is -0.444 e. The Morgan fingerprint density at radius 1 is 1.22 bits per heavy atom. The number of aromatic nitrogens is 2. The van der Waals surface area contributed by atoms with E-state index >= 15 is 0 Å². The van der Waals surface area contributed by atoms with Crippen molar-refractivity contribution in [3.63, 3.8) is 0 Å². The van der Waals surface area contributed by atoms with Crippen molar-refractivity contribution < 1.29 is 14.6 Å². The van der Waals surface area contributed by atoms with Crippen molar-refractivity contribution in [2.24, 2.45) is 23.1 Å². The van der Waals surface area contributed by atoms with Crippen LogP contribution < -0.4 is 17.2 Å². The third kappa shape index (κ3) is 11.7. The number of carbonyl (C=O) groups is 1. The van der Waals surface area contributed by atoms with Gasteiger partial charge >= 0.3 is 6.09 Å². The van der Waals surface area contributed by atoms with E-state index in [9.17, 15) is 9.90 Å². The zero-order chi connectivity index (χ0) is 27.3. The van der Waals surface area contributed by atoms with Crippen molar-refractivity contribution in [1.82, 2.24) is 14.7 Å². The summed E-state index contributed by atoms with van der Waals surface area (Å²) in [6.07, 6.45) is 9.50. The van der Waals surface area contributed by atoms with E-state index < -0.39 is 5.60 Å². The first kappa shape index (κ1) is 31.2. The minimum atomic E-state index is -0.437. The fourth-order valence-corrected chi connectivity index (χ4v) is 3.37. The number of rotatable bonds is 3. The lowest BCUT2D eigenvalue weighted by Gasteiger charge is -2.31. The molecular formula is C26H43ClN6O3. The van der Waals surface area contributed by atoms with Gasteiger partial charge in [-0.05, 0) is 52.5 Å². The molecule has 1 aromatic rings. The second-order valence-corrected chi connectivity index (χ2v) is 9.91. The highest BCUT2D eigenvalue weighted by Crippen LogP contribution is 2.25. The van der Waals surface area contributed by atoms with Gasteiger partial charge in [0.2, 0.25) is 0 Å². The minimum absolute atomic E-state index is 0.117. The van der Waals surface area contributed by atoms with E-state index in [1.807, 2.05) is 40.8 Å². The number of ether oxygens (including phenoxy) is 1. The van der Waals surface area contributed by atoms with E-state index in [0.29, 0.717) is 44.0 Å². The topological polar surface area (TPSA) is 146 Å². The zero-order valence-electron chi connectivity index (χ0n) is 22.3. The van der Waals surface area contributed by atoms with Gasteiger partial charge in [0.25, 0.3) is 0 Å². The number of nitrogens with zero attached hydrogens (tertiary/aromatic N) is 3. The molecule has 0 radical (unpaired) electrons. The Labute approximate surface area is 220 Å². The highest BCUT2D eigenvalue weighted by Gasteiger charge is 2.25. The monoisotopic (exact) mass is 522 g/mol. The van der Waals surface area contributed by atoms with E-state index in [2.05, 4.69) is 16.9 Å². The summed E-state index contributed by atoms with van der Waals surface area (Å²) >= 11 is 5.66. The van der Waals surface area contributed by atoms with Gasteiger partial charge in [0, 0.05) is 36.3 Å². The van der Waals surface area contributed by atoms with Gasteiger partial charge in [0.15, 0.2) is 0 Å². The summed E-state index contributed by atoms with van der Waals surface area (Å²) in [4.78, 5) is 13.2. The van der Waals surface area contributed by atoms with Crippen LogP contribution in [0.2, 0.25) is 0 Å². The van der Waals surface area contributed by atoms with Gasteiger partial charge < -0.3 is 31.9 Å². The van der Waals surface area contributed by atoms with Crippen LogP contribution in [0.15, 0.2) is 29.4 Å². The molecule has 0 bridgehead atoms. The molecule has 1 aromatic heterocycles. The standard InChI is InChI=1S/C14H18ClN5.C10H19NO3.C2H6/c15-13(16)7-12(14(17)18)11-8-19-20(9-11)6-2-5-10-3-1-4-10;1-10(2,3)14-9(13)11-6-4-8(12)5-7-11;1-2/h7-10H,1,3-4,6,16-18H2;8,12H,4-7H2,1-3H3;1-2H3/b13-7-;;.